The maximum absolute atomic E-state index is 2.24. The van der Waals surface area contributed by atoms with Crippen LogP contribution in [0.3, 0.4) is 0 Å². The van der Waals surface area contributed by atoms with Gasteiger partial charge in [0.05, 0.1) is 6.54 Å². The largest absolute Gasteiger partial charge is 0.302 e. The van der Waals surface area contributed by atoms with Crippen LogP contribution in [0.15, 0.2) is 23.9 Å². The highest BCUT2D eigenvalue weighted by Crippen LogP contribution is 1.90. The zero-order chi connectivity index (χ0) is 8.10. The van der Waals surface area contributed by atoms with E-state index in [-0.39, 0.29) is 0 Å². The first-order valence-electron chi connectivity index (χ1n) is 4.02. The Morgan fingerprint density at radius 3 is 3.09 bits per heavy atom. The van der Waals surface area contributed by atoms with Gasteiger partial charge in [0.1, 0.15) is 12.2 Å². The minimum Gasteiger partial charge on any atom is -0.302 e. The Labute approximate surface area is 73.2 Å². The van der Waals surface area contributed by atoms with E-state index in [1.807, 2.05) is 11.8 Å². The molecule has 1 heterocycles. The lowest BCUT2D eigenvalue weighted by atomic mass is 10.2. The van der Waals surface area contributed by atoms with Gasteiger partial charge in [-0.25, -0.2) is 0 Å². The first-order chi connectivity index (χ1) is 5.34. The Hall–Kier alpha value is -0.210. The van der Waals surface area contributed by atoms with Gasteiger partial charge in [-0.1, -0.05) is 6.08 Å². The van der Waals surface area contributed by atoms with E-state index >= 15 is 0 Å². The molecular weight excluding hydrogens is 154 g/mol. The van der Waals surface area contributed by atoms with E-state index in [4.69, 9.17) is 0 Å². The number of quaternary nitrogens is 1. The fourth-order valence-electron chi connectivity index (χ4n) is 1.23. The normalized spacial score (nSPS) is 23.5. The molecule has 2 heteroatoms. The van der Waals surface area contributed by atoms with Crippen molar-refractivity contribution < 1.29 is 4.90 Å². The molecule has 1 rings (SSSR count). The quantitative estimate of drug-likeness (QED) is 0.653. The fourth-order valence-corrected chi connectivity index (χ4v) is 1.68. The van der Waals surface area contributed by atoms with Gasteiger partial charge in [-0.3, -0.25) is 0 Å². The molecule has 1 unspecified atom stereocenters. The van der Waals surface area contributed by atoms with Crippen molar-refractivity contribution >= 4 is 11.8 Å². The monoisotopic (exact) mass is 170 g/mol. The second-order valence-corrected chi connectivity index (χ2v) is 3.81. The SMILES string of the molecule is CSCC[NH+]1CC=CC=C1C. The van der Waals surface area contributed by atoms with Crippen molar-refractivity contribution in [3.8, 4) is 0 Å². The van der Waals surface area contributed by atoms with Gasteiger partial charge in [0, 0.05) is 12.7 Å². The molecule has 11 heavy (non-hydrogen) atoms. The van der Waals surface area contributed by atoms with Crippen LogP contribution in [0.1, 0.15) is 6.92 Å². The van der Waals surface area contributed by atoms with Gasteiger partial charge >= 0.3 is 0 Å². The molecule has 0 saturated heterocycles. The van der Waals surface area contributed by atoms with Gasteiger partial charge in [0.2, 0.25) is 0 Å². The van der Waals surface area contributed by atoms with Crippen molar-refractivity contribution in [3.63, 3.8) is 0 Å². The molecule has 0 fully saturated rings. The second kappa shape index (κ2) is 4.62. The molecule has 1 nitrogen and oxygen atoms in total. The van der Waals surface area contributed by atoms with Gasteiger partial charge in [0.25, 0.3) is 0 Å². The summed E-state index contributed by atoms with van der Waals surface area (Å²) in [5, 5.41) is 0. The predicted molar refractivity (Wildman–Crippen MR) is 52.0 cm³/mol. The second-order valence-electron chi connectivity index (χ2n) is 2.83. The molecule has 0 radical (unpaired) electrons. The van der Waals surface area contributed by atoms with Crippen molar-refractivity contribution in [2.45, 2.75) is 6.92 Å². The fraction of sp³-hybridized carbons (Fsp3) is 0.556. The minimum absolute atomic E-state index is 1.17. The van der Waals surface area contributed by atoms with Gasteiger partial charge in [-0.15, -0.1) is 0 Å². The van der Waals surface area contributed by atoms with Crippen molar-refractivity contribution in [1.82, 2.24) is 0 Å². The summed E-state index contributed by atoms with van der Waals surface area (Å²) in [5.74, 6) is 1.26. The molecule has 0 aromatic heterocycles. The van der Waals surface area contributed by atoms with Crippen LogP contribution in [0.25, 0.3) is 0 Å². The summed E-state index contributed by atoms with van der Waals surface area (Å²) in [5.41, 5.74) is 1.47. The molecule has 0 saturated carbocycles. The summed E-state index contributed by atoms with van der Waals surface area (Å²) in [6.07, 6.45) is 8.76. The summed E-state index contributed by atoms with van der Waals surface area (Å²) >= 11 is 1.93. The number of thioether (sulfide) groups is 1. The molecule has 0 bridgehead atoms. The Bertz CT molecular complexity index is 172. The summed E-state index contributed by atoms with van der Waals surface area (Å²) in [7, 11) is 0. The molecule has 0 spiro atoms. The predicted octanol–water partition coefficient (Wildman–Crippen LogP) is 0.708. The Balaban J connectivity index is 2.35. The van der Waals surface area contributed by atoms with E-state index in [0.29, 0.717) is 0 Å². The van der Waals surface area contributed by atoms with Crippen LogP contribution in [-0.4, -0.2) is 25.1 Å². The maximum atomic E-state index is 2.24. The molecule has 0 aromatic rings. The summed E-state index contributed by atoms with van der Waals surface area (Å²) < 4.78 is 0. The highest BCUT2D eigenvalue weighted by molar-refractivity contribution is 7.98. The third kappa shape index (κ3) is 2.72. The third-order valence-corrected chi connectivity index (χ3v) is 2.62. The van der Waals surface area contributed by atoms with Crippen molar-refractivity contribution in [1.29, 1.82) is 0 Å². The number of hydrogen-bond acceptors (Lipinski definition) is 1. The lowest BCUT2D eigenvalue weighted by Crippen LogP contribution is -3.10. The molecule has 1 N–H and O–H groups in total. The van der Waals surface area contributed by atoms with Crippen LogP contribution in [0, 0.1) is 0 Å². The lowest BCUT2D eigenvalue weighted by molar-refractivity contribution is -0.852. The van der Waals surface area contributed by atoms with Crippen molar-refractivity contribution in [3.05, 3.63) is 23.9 Å². The van der Waals surface area contributed by atoms with E-state index in [2.05, 4.69) is 31.4 Å². The molecule has 1 aliphatic rings. The molecule has 62 valence electrons. The number of nitrogens with one attached hydrogen (secondary N) is 1. The molecule has 1 atom stereocenters. The van der Waals surface area contributed by atoms with Crippen LogP contribution in [0.4, 0.5) is 0 Å². The number of allylic oxidation sites excluding steroid dienone is 3. The molecule has 0 amide bonds. The average molecular weight is 170 g/mol. The molecule has 0 aromatic carbocycles. The molecular formula is C9H16NS+. The zero-order valence-electron chi connectivity index (χ0n) is 7.26. The van der Waals surface area contributed by atoms with Crippen LogP contribution in [0.5, 0.6) is 0 Å². The van der Waals surface area contributed by atoms with Crippen LogP contribution < -0.4 is 4.90 Å². The Morgan fingerprint density at radius 1 is 1.64 bits per heavy atom. The Morgan fingerprint density at radius 2 is 2.45 bits per heavy atom. The molecule has 1 aliphatic heterocycles. The van der Waals surface area contributed by atoms with Crippen molar-refractivity contribution in [2.24, 2.45) is 0 Å². The van der Waals surface area contributed by atoms with E-state index in [0.717, 1.165) is 0 Å². The van der Waals surface area contributed by atoms with E-state index < -0.39 is 0 Å². The summed E-state index contributed by atoms with van der Waals surface area (Å²) in [4.78, 5) is 1.61. The van der Waals surface area contributed by atoms with E-state index in [1.54, 1.807) is 4.90 Å². The van der Waals surface area contributed by atoms with E-state index in [1.165, 1.54) is 24.5 Å². The van der Waals surface area contributed by atoms with Crippen LogP contribution >= 0.6 is 11.8 Å². The number of rotatable bonds is 3. The highest BCUT2D eigenvalue weighted by Gasteiger charge is 2.10. The third-order valence-electron chi connectivity index (χ3n) is 2.01. The Kier molecular flexibility index (Phi) is 3.73. The standard InChI is InChI=1S/C9H15NS/c1-9-5-3-4-6-10(9)7-8-11-2/h3-5H,6-8H2,1-2H3/p+1. The highest BCUT2D eigenvalue weighted by atomic mass is 32.2. The smallest absolute Gasteiger partial charge is 0.104 e. The minimum atomic E-state index is 1.17. The lowest BCUT2D eigenvalue weighted by Gasteiger charge is -2.19. The van der Waals surface area contributed by atoms with Gasteiger partial charge < -0.3 is 4.90 Å². The van der Waals surface area contributed by atoms with Gasteiger partial charge in [-0.05, 0) is 18.4 Å². The maximum Gasteiger partial charge on any atom is 0.104 e. The number of hydrogen-bond donors (Lipinski definition) is 1. The molecule has 0 aliphatic carbocycles. The van der Waals surface area contributed by atoms with E-state index in [9.17, 15) is 0 Å². The van der Waals surface area contributed by atoms with Gasteiger partial charge in [-0.2, -0.15) is 11.8 Å². The summed E-state index contributed by atoms with van der Waals surface area (Å²) in [6.45, 7) is 4.63. The zero-order valence-corrected chi connectivity index (χ0v) is 8.08. The van der Waals surface area contributed by atoms with Crippen LogP contribution in [0.2, 0.25) is 0 Å². The van der Waals surface area contributed by atoms with Crippen molar-refractivity contribution in [2.75, 3.05) is 25.1 Å². The van der Waals surface area contributed by atoms with Crippen LogP contribution in [-0.2, 0) is 0 Å². The summed E-state index contributed by atoms with van der Waals surface area (Å²) in [6, 6.07) is 0. The average Bonchev–Trinajstić information content (AvgIpc) is 2.03. The first-order valence-corrected chi connectivity index (χ1v) is 5.41. The topological polar surface area (TPSA) is 4.44 Å². The van der Waals surface area contributed by atoms with Gasteiger partial charge in [0.15, 0.2) is 0 Å². The first kappa shape index (κ1) is 8.88.